The minimum atomic E-state index is -5.99. The molecule has 190 valence electrons. The van der Waals surface area contributed by atoms with Crippen molar-refractivity contribution in [1.29, 1.82) is 0 Å². The summed E-state index contributed by atoms with van der Waals surface area (Å²) in [5.74, 6) is 3.01. The minimum Gasteiger partial charge on any atom is -0.390 e. The van der Waals surface area contributed by atoms with Gasteiger partial charge in [-0.2, -0.15) is 26.3 Å². The van der Waals surface area contributed by atoms with Crippen LogP contribution in [0.4, 0.5) is 26.3 Å². The van der Waals surface area contributed by atoms with Gasteiger partial charge in [-0.05, 0) is 75.0 Å². The summed E-state index contributed by atoms with van der Waals surface area (Å²) in [4.78, 5) is 12.5. The molecule has 0 spiro atoms. The molecule has 0 bridgehead atoms. The molecular formula is C24H34F6O3. The lowest BCUT2D eigenvalue weighted by molar-refractivity contribution is -0.343. The van der Waals surface area contributed by atoms with E-state index in [-0.39, 0.29) is 24.0 Å². The Morgan fingerprint density at radius 2 is 1.58 bits per heavy atom. The Kier molecular flexibility index (Phi) is 7.69. The summed E-state index contributed by atoms with van der Waals surface area (Å²) in [6.07, 6.45) is -7.71. The molecule has 2 fully saturated rings. The van der Waals surface area contributed by atoms with E-state index < -0.39 is 34.4 Å². The van der Waals surface area contributed by atoms with Crippen LogP contribution in [-0.2, 0) is 4.79 Å². The van der Waals surface area contributed by atoms with Gasteiger partial charge in [-0.1, -0.05) is 26.2 Å². The highest BCUT2D eigenvalue weighted by Gasteiger charge is 2.70. The Morgan fingerprint density at radius 1 is 1.00 bits per heavy atom. The Labute approximate surface area is 191 Å². The normalized spacial score (nSPS) is 28.7. The maximum absolute atomic E-state index is 13.0. The van der Waals surface area contributed by atoms with Gasteiger partial charge in [-0.3, -0.25) is 4.79 Å². The second-order valence-electron chi connectivity index (χ2n) is 11.0. The van der Waals surface area contributed by atoms with Crippen LogP contribution in [0.2, 0.25) is 0 Å². The molecule has 0 saturated heterocycles. The van der Waals surface area contributed by atoms with Gasteiger partial charge >= 0.3 is 18.0 Å². The van der Waals surface area contributed by atoms with E-state index >= 15 is 0 Å². The number of halogens is 6. The molecule has 2 aliphatic carbocycles. The topological polar surface area (TPSA) is 57.5 Å². The molecule has 0 heterocycles. The summed E-state index contributed by atoms with van der Waals surface area (Å²) in [5.41, 5.74) is -7.25. The van der Waals surface area contributed by atoms with E-state index in [0.29, 0.717) is 44.9 Å². The number of Topliss-reactive ketones (excluding diaryl/α,β-unsaturated/α-hetero) is 1. The second kappa shape index (κ2) is 9.07. The van der Waals surface area contributed by atoms with E-state index in [0.717, 1.165) is 12.3 Å². The van der Waals surface area contributed by atoms with Crippen molar-refractivity contribution in [1.82, 2.24) is 0 Å². The lowest BCUT2D eigenvalue weighted by atomic mass is 9.56. The Morgan fingerprint density at radius 3 is 2.09 bits per heavy atom. The summed E-state index contributed by atoms with van der Waals surface area (Å²) in [5, 5.41) is 19.5. The molecule has 0 amide bonds. The van der Waals surface area contributed by atoms with Gasteiger partial charge in [-0.15, -0.1) is 0 Å². The smallest absolute Gasteiger partial charge is 0.390 e. The number of rotatable bonds is 6. The number of aliphatic hydroxyl groups is 2. The van der Waals surface area contributed by atoms with Gasteiger partial charge in [0.1, 0.15) is 5.78 Å². The van der Waals surface area contributed by atoms with Crippen molar-refractivity contribution < 1.29 is 41.4 Å². The SMILES string of the molecule is CC(C)(O)CCC[C@](C)(CC#CC(O)(C(F)(F)F)C(F)(F)F)[C@H]1CC[C@H]2C(=O)CCC[C@]12C. The standard InChI is InChI=1S/C24H34F6O3/c1-19(2,32)11-6-12-20(3,13-7-15-22(33,23(25,26)27)24(28,29)30)18-10-9-16-17(31)8-5-14-21(16,18)4/h16,18,32-33H,5-6,8-14H2,1-4H3/t16-,18+,20+,21-/m0/s1. The predicted molar refractivity (Wildman–Crippen MR) is 111 cm³/mol. The van der Waals surface area contributed by atoms with E-state index in [9.17, 15) is 41.4 Å². The number of carbonyl (C=O) groups excluding carboxylic acids is 1. The number of carbonyl (C=O) groups is 1. The lowest BCUT2D eigenvalue weighted by Crippen LogP contribution is -2.55. The van der Waals surface area contributed by atoms with Gasteiger partial charge in [0.2, 0.25) is 0 Å². The van der Waals surface area contributed by atoms with Crippen molar-refractivity contribution in [3.05, 3.63) is 0 Å². The Balaban J connectivity index is 2.39. The zero-order valence-corrected chi connectivity index (χ0v) is 19.6. The molecule has 33 heavy (non-hydrogen) atoms. The van der Waals surface area contributed by atoms with Crippen molar-refractivity contribution in [2.45, 2.75) is 109 Å². The number of fused-ring (bicyclic) bond motifs is 1. The number of ketones is 1. The first-order valence-electron chi connectivity index (χ1n) is 11.4. The van der Waals surface area contributed by atoms with Crippen LogP contribution in [0, 0.1) is 34.5 Å². The highest BCUT2D eigenvalue weighted by molar-refractivity contribution is 5.83. The molecule has 2 rings (SSSR count). The molecule has 0 aromatic rings. The fourth-order valence-corrected chi connectivity index (χ4v) is 6.06. The van der Waals surface area contributed by atoms with Crippen LogP contribution in [0.25, 0.3) is 0 Å². The van der Waals surface area contributed by atoms with Gasteiger partial charge < -0.3 is 10.2 Å². The largest absolute Gasteiger partial charge is 0.438 e. The fraction of sp³-hybridized carbons (Fsp3) is 0.875. The molecule has 0 radical (unpaired) electrons. The van der Waals surface area contributed by atoms with Gasteiger partial charge in [0.15, 0.2) is 0 Å². The molecule has 9 heteroatoms. The average molecular weight is 485 g/mol. The zero-order valence-electron chi connectivity index (χ0n) is 19.6. The van der Waals surface area contributed by atoms with Crippen LogP contribution in [0.1, 0.15) is 85.5 Å². The van der Waals surface area contributed by atoms with Crippen LogP contribution in [0.5, 0.6) is 0 Å². The predicted octanol–water partition coefficient (Wildman–Crippen LogP) is 5.97. The Bertz CT molecular complexity index is 771. The highest BCUT2D eigenvalue weighted by Crippen LogP contribution is 2.61. The van der Waals surface area contributed by atoms with Gasteiger partial charge in [0.25, 0.3) is 0 Å². The average Bonchev–Trinajstić information content (AvgIpc) is 2.97. The Hall–Kier alpha value is -1.27. The van der Waals surface area contributed by atoms with Crippen LogP contribution >= 0.6 is 0 Å². The molecule has 3 nitrogen and oxygen atoms in total. The van der Waals surface area contributed by atoms with Gasteiger partial charge in [0, 0.05) is 18.8 Å². The monoisotopic (exact) mass is 484 g/mol. The van der Waals surface area contributed by atoms with E-state index in [1.54, 1.807) is 20.8 Å². The van der Waals surface area contributed by atoms with Gasteiger partial charge in [-0.25, -0.2) is 0 Å². The van der Waals surface area contributed by atoms with E-state index in [1.807, 2.05) is 12.8 Å². The van der Waals surface area contributed by atoms with Crippen LogP contribution < -0.4 is 0 Å². The quantitative estimate of drug-likeness (QED) is 0.361. The fourth-order valence-electron chi connectivity index (χ4n) is 6.06. The molecule has 0 unspecified atom stereocenters. The summed E-state index contributed by atoms with van der Waals surface area (Å²) in [6, 6.07) is 0. The molecule has 4 atom stereocenters. The lowest BCUT2D eigenvalue weighted by Gasteiger charge is -2.48. The van der Waals surface area contributed by atoms with Crippen LogP contribution in [-0.4, -0.2) is 39.6 Å². The van der Waals surface area contributed by atoms with E-state index in [1.165, 1.54) is 0 Å². The first-order valence-corrected chi connectivity index (χ1v) is 11.4. The third-order valence-electron chi connectivity index (χ3n) is 7.82. The molecule has 2 aliphatic rings. The van der Waals surface area contributed by atoms with E-state index in [4.69, 9.17) is 0 Å². The summed E-state index contributed by atoms with van der Waals surface area (Å²) < 4.78 is 78.3. The van der Waals surface area contributed by atoms with E-state index in [2.05, 4.69) is 0 Å². The van der Waals surface area contributed by atoms with Crippen molar-refractivity contribution in [3.63, 3.8) is 0 Å². The van der Waals surface area contributed by atoms with Crippen molar-refractivity contribution in [3.8, 4) is 11.8 Å². The molecular weight excluding hydrogens is 450 g/mol. The second-order valence-corrected chi connectivity index (χ2v) is 11.0. The number of hydrogen-bond donors (Lipinski definition) is 2. The first kappa shape index (κ1) is 28.0. The van der Waals surface area contributed by atoms with Crippen LogP contribution in [0.3, 0.4) is 0 Å². The third kappa shape index (κ3) is 5.70. The molecule has 2 saturated carbocycles. The highest BCUT2D eigenvalue weighted by atomic mass is 19.4. The summed E-state index contributed by atoms with van der Waals surface area (Å²) in [7, 11) is 0. The summed E-state index contributed by atoms with van der Waals surface area (Å²) in [6.45, 7) is 7.05. The molecule has 2 N–H and O–H groups in total. The maximum atomic E-state index is 13.0. The zero-order chi connectivity index (χ0) is 25.5. The number of alkyl halides is 6. The first-order chi connectivity index (χ1) is 14.8. The third-order valence-corrected chi connectivity index (χ3v) is 7.82. The molecule has 0 aliphatic heterocycles. The van der Waals surface area contributed by atoms with Crippen molar-refractivity contribution in [2.75, 3.05) is 0 Å². The minimum absolute atomic E-state index is 0.125. The van der Waals surface area contributed by atoms with Crippen molar-refractivity contribution >= 4 is 5.78 Å². The number of hydrogen-bond acceptors (Lipinski definition) is 3. The summed E-state index contributed by atoms with van der Waals surface area (Å²) >= 11 is 0. The van der Waals surface area contributed by atoms with Crippen LogP contribution in [0.15, 0.2) is 0 Å². The van der Waals surface area contributed by atoms with Crippen molar-refractivity contribution in [2.24, 2.45) is 22.7 Å². The molecule has 0 aromatic heterocycles. The molecule has 0 aromatic carbocycles. The maximum Gasteiger partial charge on any atom is 0.438 e. The van der Waals surface area contributed by atoms with Gasteiger partial charge in [0.05, 0.1) is 5.60 Å².